The fourth-order valence-electron chi connectivity index (χ4n) is 3.39. The highest BCUT2D eigenvalue weighted by Crippen LogP contribution is 2.39. The Morgan fingerprint density at radius 3 is 2.29 bits per heavy atom. The van der Waals surface area contributed by atoms with Crippen LogP contribution in [-0.4, -0.2) is 45.1 Å². The van der Waals surface area contributed by atoms with E-state index < -0.39 is 44.9 Å². The molecule has 0 aliphatic carbocycles. The second-order valence-corrected chi connectivity index (χ2v) is 6.26. The number of anilines is 2. The summed E-state index contributed by atoms with van der Waals surface area (Å²) in [7, 11) is 0. The summed E-state index contributed by atoms with van der Waals surface area (Å²) >= 11 is 0. The molecule has 28 heavy (non-hydrogen) atoms. The maximum absolute atomic E-state index is 12.2. The number of rotatable bonds is 5. The number of nitro benzene ring substituents is 1. The van der Waals surface area contributed by atoms with Crippen molar-refractivity contribution in [2.75, 3.05) is 23.7 Å². The third-order valence-electron chi connectivity index (χ3n) is 4.58. The second-order valence-electron chi connectivity index (χ2n) is 6.26. The van der Waals surface area contributed by atoms with Gasteiger partial charge in [-0.3, -0.25) is 14.9 Å². The van der Waals surface area contributed by atoms with E-state index in [1.165, 1.54) is 12.1 Å². The normalized spacial score (nSPS) is 13.5. The fraction of sp³-hybridized carbons (Fsp3) is 0.235. The van der Waals surface area contributed by atoms with E-state index >= 15 is 0 Å². The zero-order valence-electron chi connectivity index (χ0n) is 14.5. The van der Waals surface area contributed by atoms with E-state index in [4.69, 9.17) is 5.73 Å². The maximum atomic E-state index is 12.2. The van der Waals surface area contributed by atoms with Gasteiger partial charge in [0.25, 0.3) is 11.2 Å². The molecule has 0 bridgehead atoms. The highest BCUT2D eigenvalue weighted by Gasteiger charge is 2.30. The molecule has 146 valence electrons. The number of nitrogens with one attached hydrogen (secondary N) is 1. The Labute approximate surface area is 157 Å². The monoisotopic (exact) mass is 388 g/mol. The number of pyridine rings is 1. The van der Waals surface area contributed by atoms with Crippen molar-refractivity contribution in [3.63, 3.8) is 0 Å². The molecular formula is C17H16N4O7. The molecule has 11 nitrogen and oxygen atoms in total. The van der Waals surface area contributed by atoms with Crippen LogP contribution in [-0.2, 0) is 0 Å². The number of hydrogen-bond donors (Lipinski definition) is 4. The average Bonchev–Trinajstić information content (AvgIpc) is 3.14. The van der Waals surface area contributed by atoms with Crippen molar-refractivity contribution in [1.82, 2.24) is 4.98 Å². The lowest BCUT2D eigenvalue weighted by Crippen LogP contribution is -2.25. The first-order chi connectivity index (χ1) is 13.2. The van der Waals surface area contributed by atoms with Crippen molar-refractivity contribution in [3.8, 4) is 11.1 Å². The first-order valence-electron chi connectivity index (χ1n) is 8.28. The summed E-state index contributed by atoms with van der Waals surface area (Å²) in [4.78, 5) is 50.3. The number of nitrogen functional groups attached to an aromatic ring is 1. The smallest absolute Gasteiger partial charge is 0.342 e. The van der Waals surface area contributed by atoms with Crippen molar-refractivity contribution in [2.45, 2.75) is 12.8 Å². The minimum absolute atomic E-state index is 0.0382. The molecule has 1 aromatic heterocycles. The standard InChI is InChI=1S/C17H16N4O7/c18-14-12(16(23)24)11(13(17(25)26)15(22)19-14)9-7-8(21(27)28)3-4-10(9)20-5-1-2-6-20/h3-4,7H,1-2,5-6H2,(H,23,24)(H,25,26)(H3,18,19,22). The van der Waals surface area contributed by atoms with Crippen molar-refractivity contribution in [3.05, 3.63) is 49.8 Å². The lowest BCUT2D eigenvalue weighted by Gasteiger charge is -2.23. The molecule has 1 aliphatic rings. The number of nitrogens with two attached hydrogens (primary N) is 1. The lowest BCUT2D eigenvalue weighted by molar-refractivity contribution is -0.384. The highest BCUT2D eigenvalue weighted by molar-refractivity contribution is 6.09. The van der Waals surface area contributed by atoms with Crippen LogP contribution in [0.3, 0.4) is 0 Å². The number of nitrogens with zero attached hydrogens (tertiary/aromatic N) is 2. The molecule has 1 aromatic carbocycles. The van der Waals surface area contributed by atoms with E-state index in [9.17, 15) is 34.7 Å². The molecule has 0 spiro atoms. The van der Waals surface area contributed by atoms with Crippen molar-refractivity contribution >= 4 is 29.1 Å². The molecule has 1 fully saturated rings. The zero-order valence-corrected chi connectivity index (χ0v) is 14.5. The molecule has 0 amide bonds. The number of non-ortho nitro benzene ring substituents is 1. The van der Waals surface area contributed by atoms with E-state index in [1.807, 2.05) is 9.88 Å². The van der Waals surface area contributed by atoms with Gasteiger partial charge in [0.1, 0.15) is 16.9 Å². The molecule has 5 N–H and O–H groups in total. The Hall–Kier alpha value is -3.89. The summed E-state index contributed by atoms with van der Waals surface area (Å²) < 4.78 is 0. The third kappa shape index (κ3) is 3.13. The molecule has 0 radical (unpaired) electrons. The number of carboxylic acid groups (broad SMARTS) is 2. The number of hydrogen-bond acceptors (Lipinski definition) is 7. The van der Waals surface area contributed by atoms with E-state index in [1.54, 1.807) is 0 Å². The summed E-state index contributed by atoms with van der Waals surface area (Å²) in [6.07, 6.45) is 1.71. The molecule has 3 rings (SSSR count). The largest absolute Gasteiger partial charge is 0.478 e. The van der Waals surface area contributed by atoms with Gasteiger partial charge in [0.15, 0.2) is 0 Å². The Balaban J connectivity index is 2.47. The van der Waals surface area contributed by atoms with Gasteiger partial charge in [0.2, 0.25) is 0 Å². The topological polar surface area (TPSA) is 180 Å². The quantitative estimate of drug-likeness (QED) is 0.436. The molecular weight excluding hydrogens is 372 g/mol. The molecule has 11 heteroatoms. The van der Waals surface area contributed by atoms with Gasteiger partial charge in [0.05, 0.1) is 4.92 Å². The number of nitro groups is 1. The molecule has 0 atom stereocenters. The van der Waals surface area contributed by atoms with Crippen LogP contribution >= 0.6 is 0 Å². The zero-order chi connectivity index (χ0) is 20.6. The maximum Gasteiger partial charge on any atom is 0.342 e. The van der Waals surface area contributed by atoms with Crippen LogP contribution in [0.5, 0.6) is 0 Å². The van der Waals surface area contributed by atoms with E-state index in [0.717, 1.165) is 18.9 Å². The van der Waals surface area contributed by atoms with Crippen LogP contribution in [0.1, 0.15) is 33.6 Å². The lowest BCUT2D eigenvalue weighted by atomic mass is 9.93. The van der Waals surface area contributed by atoms with Crippen LogP contribution in [0.2, 0.25) is 0 Å². The molecule has 1 aliphatic heterocycles. The van der Waals surface area contributed by atoms with Gasteiger partial charge in [0, 0.05) is 42.0 Å². The number of benzene rings is 1. The van der Waals surface area contributed by atoms with Crippen LogP contribution < -0.4 is 16.2 Å². The summed E-state index contributed by atoms with van der Waals surface area (Å²) in [6.45, 7) is 1.21. The molecule has 2 heterocycles. The van der Waals surface area contributed by atoms with Crippen LogP contribution in [0.25, 0.3) is 11.1 Å². The van der Waals surface area contributed by atoms with Crippen molar-refractivity contribution in [2.24, 2.45) is 0 Å². The van der Waals surface area contributed by atoms with Crippen LogP contribution in [0.15, 0.2) is 23.0 Å². The fourth-order valence-corrected chi connectivity index (χ4v) is 3.39. The molecule has 0 saturated carbocycles. The number of aromatic carboxylic acids is 2. The SMILES string of the molecule is Nc1[nH]c(=O)c(C(=O)O)c(-c2cc([N+](=O)[O-])ccc2N2CCCC2)c1C(=O)O. The number of aromatic nitrogens is 1. The Bertz CT molecular complexity index is 1050. The third-order valence-corrected chi connectivity index (χ3v) is 4.58. The van der Waals surface area contributed by atoms with Gasteiger partial charge in [-0.15, -0.1) is 0 Å². The summed E-state index contributed by atoms with van der Waals surface area (Å²) in [6, 6.07) is 3.74. The Morgan fingerprint density at radius 1 is 1.14 bits per heavy atom. The first-order valence-corrected chi connectivity index (χ1v) is 8.28. The van der Waals surface area contributed by atoms with Gasteiger partial charge < -0.3 is 25.8 Å². The Kier molecular flexibility index (Phi) is 4.74. The summed E-state index contributed by atoms with van der Waals surface area (Å²) in [5.41, 5.74) is 2.63. The average molecular weight is 388 g/mol. The minimum atomic E-state index is -1.67. The van der Waals surface area contributed by atoms with Gasteiger partial charge in [-0.05, 0) is 18.9 Å². The van der Waals surface area contributed by atoms with E-state index in [0.29, 0.717) is 18.8 Å². The number of carbonyl (C=O) groups is 2. The Morgan fingerprint density at radius 2 is 1.75 bits per heavy atom. The molecule has 0 unspecified atom stereocenters. The van der Waals surface area contributed by atoms with Crippen LogP contribution in [0, 0.1) is 10.1 Å². The number of aromatic amines is 1. The first kappa shape index (κ1) is 18.9. The molecule has 2 aromatic rings. The van der Waals surface area contributed by atoms with E-state index in [-0.39, 0.29) is 11.3 Å². The van der Waals surface area contributed by atoms with Gasteiger partial charge >= 0.3 is 11.9 Å². The van der Waals surface area contributed by atoms with Crippen LogP contribution in [0.4, 0.5) is 17.2 Å². The summed E-state index contributed by atoms with van der Waals surface area (Å²) in [5, 5.41) is 30.4. The van der Waals surface area contributed by atoms with Crippen molar-refractivity contribution < 1.29 is 24.7 Å². The number of carboxylic acids is 2. The van der Waals surface area contributed by atoms with Gasteiger partial charge in [-0.1, -0.05) is 0 Å². The highest BCUT2D eigenvalue weighted by atomic mass is 16.6. The predicted molar refractivity (Wildman–Crippen MR) is 98.9 cm³/mol. The van der Waals surface area contributed by atoms with Crippen molar-refractivity contribution in [1.29, 1.82) is 0 Å². The van der Waals surface area contributed by atoms with Gasteiger partial charge in [-0.2, -0.15) is 0 Å². The number of H-pyrrole nitrogens is 1. The van der Waals surface area contributed by atoms with E-state index in [2.05, 4.69) is 0 Å². The molecule has 1 saturated heterocycles. The summed E-state index contributed by atoms with van der Waals surface area (Å²) in [5.74, 6) is -3.76. The predicted octanol–water partition coefficient (Wildman–Crippen LogP) is 1.53. The minimum Gasteiger partial charge on any atom is -0.478 e. The second kappa shape index (κ2) is 7.02. The van der Waals surface area contributed by atoms with Gasteiger partial charge in [-0.25, -0.2) is 9.59 Å².